The lowest BCUT2D eigenvalue weighted by molar-refractivity contribution is 0.382. The molecule has 0 N–H and O–H groups in total. The minimum absolute atomic E-state index is 0.287. The summed E-state index contributed by atoms with van der Waals surface area (Å²) >= 11 is 0. The van der Waals surface area contributed by atoms with E-state index in [1.165, 1.54) is 0 Å². The van der Waals surface area contributed by atoms with Crippen LogP contribution in [0, 0.1) is 23.2 Å². The minimum Gasteiger partial charge on any atom is -0.198 e. The van der Waals surface area contributed by atoms with E-state index in [9.17, 15) is 0 Å². The van der Waals surface area contributed by atoms with Gasteiger partial charge >= 0.3 is 0 Å². The monoisotopic (exact) mass is 135 g/mol. The summed E-state index contributed by atoms with van der Waals surface area (Å²) in [5, 5.41) is 8.71. The van der Waals surface area contributed by atoms with Gasteiger partial charge in [-0.25, -0.2) is 0 Å². The number of nitriles is 1. The second-order valence-corrected chi connectivity index (χ2v) is 2.85. The van der Waals surface area contributed by atoms with Crippen molar-refractivity contribution in [1.82, 2.24) is 0 Å². The van der Waals surface area contributed by atoms with E-state index in [1.807, 2.05) is 0 Å². The van der Waals surface area contributed by atoms with Gasteiger partial charge in [0.15, 0.2) is 0 Å². The van der Waals surface area contributed by atoms with Crippen LogP contribution in [0.2, 0.25) is 0 Å². The Hall–Kier alpha value is -0.770. The maximum Gasteiger partial charge on any atom is 0.0662 e. The molecule has 1 nitrogen and oxygen atoms in total. The molecule has 0 aromatic heterocycles. The molecule has 54 valence electrons. The molecule has 0 aliphatic heterocycles. The molecule has 1 aliphatic carbocycles. The lowest BCUT2D eigenvalue weighted by Gasteiger charge is -2.20. The summed E-state index contributed by atoms with van der Waals surface area (Å²) in [5.41, 5.74) is 0. The third-order valence-corrected chi connectivity index (χ3v) is 2.25. The molecule has 0 fully saturated rings. The Balaban J connectivity index is 2.55. The zero-order valence-corrected chi connectivity index (χ0v) is 6.38. The highest BCUT2D eigenvalue weighted by Gasteiger charge is 2.19. The molecular formula is C9H13N. The first-order chi connectivity index (χ1) is 4.88. The summed E-state index contributed by atoms with van der Waals surface area (Å²) in [6, 6.07) is 2.35. The van der Waals surface area contributed by atoms with Crippen LogP contribution in [-0.2, 0) is 0 Å². The molecule has 0 bridgehead atoms. The molecule has 1 rings (SSSR count). The summed E-state index contributed by atoms with van der Waals surface area (Å²) in [4.78, 5) is 0. The number of nitrogens with zero attached hydrogens (tertiary/aromatic N) is 1. The standard InChI is InChI=1S/C9H13N/c1-2-8-5-3-4-6-9(8)7-10/h3-4,8-9H,2,5-6H2,1H3. The van der Waals surface area contributed by atoms with Crippen molar-refractivity contribution in [3.63, 3.8) is 0 Å². The highest BCUT2D eigenvalue weighted by Crippen LogP contribution is 2.26. The summed E-state index contributed by atoms with van der Waals surface area (Å²) in [7, 11) is 0. The van der Waals surface area contributed by atoms with Gasteiger partial charge in [-0.1, -0.05) is 25.5 Å². The molecule has 0 aromatic rings. The quantitative estimate of drug-likeness (QED) is 0.507. The molecular weight excluding hydrogens is 122 g/mol. The second kappa shape index (κ2) is 3.41. The van der Waals surface area contributed by atoms with Gasteiger partial charge in [0.2, 0.25) is 0 Å². The molecule has 10 heavy (non-hydrogen) atoms. The van der Waals surface area contributed by atoms with Gasteiger partial charge in [-0.2, -0.15) is 5.26 Å². The van der Waals surface area contributed by atoms with Crippen molar-refractivity contribution in [3.8, 4) is 6.07 Å². The molecule has 0 radical (unpaired) electrons. The fourth-order valence-electron chi connectivity index (χ4n) is 1.48. The van der Waals surface area contributed by atoms with Crippen LogP contribution in [0.15, 0.2) is 12.2 Å². The van der Waals surface area contributed by atoms with Crippen molar-refractivity contribution in [2.45, 2.75) is 26.2 Å². The Morgan fingerprint density at radius 3 is 2.70 bits per heavy atom. The van der Waals surface area contributed by atoms with Gasteiger partial charge < -0.3 is 0 Å². The number of rotatable bonds is 1. The average molecular weight is 135 g/mol. The number of allylic oxidation sites excluding steroid dienone is 2. The van der Waals surface area contributed by atoms with Gasteiger partial charge in [0, 0.05) is 0 Å². The Morgan fingerprint density at radius 2 is 2.20 bits per heavy atom. The van der Waals surface area contributed by atoms with Crippen LogP contribution < -0.4 is 0 Å². The van der Waals surface area contributed by atoms with Crippen LogP contribution in [0.5, 0.6) is 0 Å². The van der Waals surface area contributed by atoms with Crippen LogP contribution >= 0.6 is 0 Å². The van der Waals surface area contributed by atoms with Crippen LogP contribution in [0.4, 0.5) is 0 Å². The summed E-state index contributed by atoms with van der Waals surface area (Å²) in [5.74, 6) is 0.907. The first-order valence-electron chi connectivity index (χ1n) is 3.93. The van der Waals surface area contributed by atoms with E-state index < -0.39 is 0 Å². The zero-order valence-electron chi connectivity index (χ0n) is 6.38. The molecule has 1 aliphatic rings. The Bertz CT molecular complexity index is 164. The summed E-state index contributed by atoms with van der Waals surface area (Å²) < 4.78 is 0. The van der Waals surface area contributed by atoms with Gasteiger partial charge in [-0.05, 0) is 18.8 Å². The average Bonchev–Trinajstić information content (AvgIpc) is 2.04. The smallest absolute Gasteiger partial charge is 0.0662 e. The van der Waals surface area contributed by atoms with E-state index in [-0.39, 0.29) is 5.92 Å². The van der Waals surface area contributed by atoms with Gasteiger partial charge in [0.25, 0.3) is 0 Å². The van der Waals surface area contributed by atoms with Crippen LogP contribution in [0.1, 0.15) is 26.2 Å². The van der Waals surface area contributed by atoms with Crippen molar-refractivity contribution in [3.05, 3.63) is 12.2 Å². The molecule has 1 heteroatoms. The molecule has 2 atom stereocenters. The third kappa shape index (κ3) is 1.39. The first-order valence-corrected chi connectivity index (χ1v) is 3.93. The van der Waals surface area contributed by atoms with Crippen molar-refractivity contribution in [1.29, 1.82) is 5.26 Å². The van der Waals surface area contributed by atoms with Crippen molar-refractivity contribution < 1.29 is 0 Å². The lowest BCUT2D eigenvalue weighted by Crippen LogP contribution is -2.13. The van der Waals surface area contributed by atoms with E-state index in [0.717, 1.165) is 19.3 Å². The Kier molecular flexibility index (Phi) is 2.50. The predicted octanol–water partition coefficient (Wildman–Crippen LogP) is 2.50. The fraction of sp³-hybridized carbons (Fsp3) is 0.667. The third-order valence-electron chi connectivity index (χ3n) is 2.25. The number of hydrogen-bond donors (Lipinski definition) is 0. The zero-order chi connectivity index (χ0) is 7.40. The normalized spacial score (nSPS) is 31.6. The Labute approximate surface area is 62.4 Å². The maximum absolute atomic E-state index is 8.71. The molecule has 0 saturated heterocycles. The molecule has 0 amide bonds. The summed E-state index contributed by atoms with van der Waals surface area (Å²) in [6.07, 6.45) is 7.54. The maximum atomic E-state index is 8.71. The van der Waals surface area contributed by atoms with E-state index in [1.54, 1.807) is 0 Å². The minimum atomic E-state index is 0.287. The second-order valence-electron chi connectivity index (χ2n) is 2.85. The largest absolute Gasteiger partial charge is 0.198 e. The van der Waals surface area contributed by atoms with Gasteiger partial charge in [0.1, 0.15) is 0 Å². The van der Waals surface area contributed by atoms with E-state index >= 15 is 0 Å². The number of hydrogen-bond acceptors (Lipinski definition) is 1. The van der Waals surface area contributed by atoms with E-state index in [2.05, 4.69) is 25.1 Å². The van der Waals surface area contributed by atoms with E-state index in [0.29, 0.717) is 5.92 Å². The van der Waals surface area contributed by atoms with Crippen LogP contribution in [0.25, 0.3) is 0 Å². The van der Waals surface area contributed by atoms with E-state index in [4.69, 9.17) is 5.26 Å². The summed E-state index contributed by atoms with van der Waals surface area (Å²) in [6.45, 7) is 2.16. The molecule has 0 saturated carbocycles. The topological polar surface area (TPSA) is 23.8 Å². The van der Waals surface area contributed by atoms with Crippen molar-refractivity contribution in [2.75, 3.05) is 0 Å². The predicted molar refractivity (Wildman–Crippen MR) is 41.3 cm³/mol. The molecule has 0 heterocycles. The van der Waals surface area contributed by atoms with Gasteiger partial charge in [0.05, 0.1) is 12.0 Å². The molecule has 2 unspecified atom stereocenters. The highest BCUT2D eigenvalue weighted by molar-refractivity contribution is 5.01. The van der Waals surface area contributed by atoms with Gasteiger partial charge in [-0.3, -0.25) is 0 Å². The van der Waals surface area contributed by atoms with Crippen LogP contribution in [-0.4, -0.2) is 0 Å². The molecule has 0 aromatic carbocycles. The fourth-order valence-corrected chi connectivity index (χ4v) is 1.48. The van der Waals surface area contributed by atoms with Gasteiger partial charge in [-0.15, -0.1) is 0 Å². The van der Waals surface area contributed by atoms with Crippen molar-refractivity contribution >= 4 is 0 Å². The SMILES string of the molecule is CCC1CC=CCC1C#N. The van der Waals surface area contributed by atoms with Crippen molar-refractivity contribution in [2.24, 2.45) is 11.8 Å². The lowest BCUT2D eigenvalue weighted by atomic mass is 9.82. The first kappa shape index (κ1) is 7.34. The van der Waals surface area contributed by atoms with Crippen LogP contribution in [0.3, 0.4) is 0 Å². The molecule has 0 spiro atoms. The Morgan fingerprint density at radius 1 is 1.50 bits per heavy atom. The highest BCUT2D eigenvalue weighted by atomic mass is 14.3.